The van der Waals surface area contributed by atoms with Gasteiger partial charge >= 0.3 is 0 Å². The molecule has 2 aromatic heterocycles. The molecule has 0 amide bonds. The van der Waals surface area contributed by atoms with Gasteiger partial charge in [0.25, 0.3) is 5.95 Å². The van der Waals surface area contributed by atoms with Gasteiger partial charge in [0.1, 0.15) is 11.6 Å². The van der Waals surface area contributed by atoms with Crippen molar-refractivity contribution in [3.63, 3.8) is 0 Å². The first-order valence-electron chi connectivity index (χ1n) is 7.86. The molecule has 26 heavy (non-hydrogen) atoms. The van der Waals surface area contributed by atoms with Crippen molar-refractivity contribution in [3.8, 4) is 5.95 Å². The third-order valence-electron chi connectivity index (χ3n) is 3.52. The number of benzene rings is 1. The van der Waals surface area contributed by atoms with E-state index in [0.29, 0.717) is 11.3 Å². The van der Waals surface area contributed by atoms with Crippen molar-refractivity contribution in [1.82, 2.24) is 19.7 Å². The molecule has 7 nitrogen and oxygen atoms in total. The van der Waals surface area contributed by atoms with Gasteiger partial charge in [0, 0.05) is 17.5 Å². The topological polar surface area (TPSA) is 89.8 Å². The monoisotopic (exact) mass is 375 g/mol. The number of nitrogens with one attached hydrogen (secondary N) is 1. The van der Waals surface area contributed by atoms with Gasteiger partial charge in [-0.3, -0.25) is 4.72 Å². The Morgan fingerprint density at radius 3 is 2.23 bits per heavy atom. The Bertz CT molecular complexity index is 1030. The minimum absolute atomic E-state index is 0.245. The highest BCUT2D eigenvalue weighted by Gasteiger charge is 2.18. The van der Waals surface area contributed by atoms with Gasteiger partial charge in [-0.25, -0.2) is 22.8 Å². The van der Waals surface area contributed by atoms with Crippen LogP contribution in [0.4, 0.5) is 10.2 Å². The minimum atomic E-state index is -3.73. The number of nitrogens with zero attached hydrogens (tertiary/aromatic N) is 4. The molecule has 3 rings (SSSR count). The summed E-state index contributed by atoms with van der Waals surface area (Å²) in [5.74, 6) is -0.171. The summed E-state index contributed by atoms with van der Waals surface area (Å²) in [7, 11) is -3.73. The second-order valence-electron chi connectivity index (χ2n) is 6.02. The Morgan fingerprint density at radius 1 is 1.00 bits per heavy atom. The molecule has 9 heteroatoms. The molecule has 1 N–H and O–H groups in total. The summed E-state index contributed by atoms with van der Waals surface area (Å²) in [5.41, 5.74) is 2.60. The first kappa shape index (κ1) is 18.0. The molecule has 136 valence electrons. The van der Waals surface area contributed by atoms with Crippen molar-refractivity contribution in [2.24, 2.45) is 0 Å². The van der Waals surface area contributed by atoms with Crippen LogP contribution in [0, 0.1) is 26.6 Å². The Morgan fingerprint density at radius 2 is 1.62 bits per heavy atom. The maximum absolute atomic E-state index is 13.0. The largest absolute Gasteiger partial charge is 0.267 e. The molecule has 0 radical (unpaired) electrons. The molecule has 0 aliphatic carbocycles. The zero-order valence-corrected chi connectivity index (χ0v) is 15.4. The van der Waals surface area contributed by atoms with Gasteiger partial charge in [-0.2, -0.15) is 9.78 Å². The Labute approximate surface area is 151 Å². The number of hydrogen-bond acceptors (Lipinski definition) is 5. The van der Waals surface area contributed by atoms with Gasteiger partial charge in [-0.15, -0.1) is 0 Å². The average Bonchev–Trinajstić information content (AvgIpc) is 2.88. The van der Waals surface area contributed by atoms with E-state index in [1.165, 1.54) is 28.9 Å². The molecule has 0 saturated heterocycles. The maximum Gasteiger partial charge on any atom is 0.252 e. The number of aromatic nitrogens is 4. The van der Waals surface area contributed by atoms with E-state index in [9.17, 15) is 12.8 Å². The Hall–Kier alpha value is -2.81. The van der Waals surface area contributed by atoms with Crippen molar-refractivity contribution < 1.29 is 12.8 Å². The van der Waals surface area contributed by atoms with Crippen molar-refractivity contribution in [1.29, 1.82) is 0 Å². The highest BCUT2D eigenvalue weighted by molar-refractivity contribution is 7.91. The molecule has 0 aliphatic rings. The molecule has 0 atom stereocenters. The van der Waals surface area contributed by atoms with E-state index in [-0.39, 0.29) is 17.5 Å². The van der Waals surface area contributed by atoms with Crippen LogP contribution < -0.4 is 4.72 Å². The van der Waals surface area contributed by atoms with Crippen molar-refractivity contribution in [2.75, 3.05) is 4.72 Å². The van der Waals surface area contributed by atoms with E-state index in [1.54, 1.807) is 13.0 Å². The van der Waals surface area contributed by atoms with Crippen molar-refractivity contribution in [2.45, 2.75) is 26.5 Å². The van der Waals surface area contributed by atoms with Gasteiger partial charge in [-0.1, -0.05) is 12.1 Å². The number of rotatable bonds is 5. The van der Waals surface area contributed by atoms with Crippen LogP contribution in [0.5, 0.6) is 0 Å². The lowest BCUT2D eigenvalue weighted by Crippen LogP contribution is -2.18. The summed E-state index contributed by atoms with van der Waals surface area (Å²) >= 11 is 0. The lowest BCUT2D eigenvalue weighted by atomic mass is 10.2. The summed E-state index contributed by atoms with van der Waals surface area (Å²) < 4.78 is 41.8. The van der Waals surface area contributed by atoms with Gasteiger partial charge < -0.3 is 0 Å². The summed E-state index contributed by atoms with van der Waals surface area (Å²) in [6.45, 7) is 5.40. The van der Waals surface area contributed by atoms with Crippen molar-refractivity contribution >= 4 is 15.8 Å². The van der Waals surface area contributed by atoms with Crippen LogP contribution in [0.1, 0.15) is 22.6 Å². The van der Waals surface area contributed by atoms with E-state index in [0.717, 1.165) is 11.4 Å². The molecule has 0 fully saturated rings. The normalized spacial score (nSPS) is 11.5. The zero-order valence-electron chi connectivity index (χ0n) is 14.6. The molecule has 0 spiro atoms. The molecular formula is C17H18FN5O2S. The first-order valence-corrected chi connectivity index (χ1v) is 9.51. The van der Waals surface area contributed by atoms with Gasteiger partial charge in [0.2, 0.25) is 10.0 Å². The number of hydrogen-bond donors (Lipinski definition) is 1. The quantitative estimate of drug-likeness (QED) is 0.740. The lowest BCUT2D eigenvalue weighted by molar-refractivity contribution is 0.599. The molecule has 0 unspecified atom stereocenters. The second-order valence-corrected chi connectivity index (χ2v) is 7.74. The number of aryl methyl sites for hydroxylation is 3. The van der Waals surface area contributed by atoms with Crippen LogP contribution >= 0.6 is 0 Å². The third-order valence-corrected chi connectivity index (χ3v) is 4.75. The Kier molecular flexibility index (Phi) is 4.73. The molecule has 0 bridgehead atoms. The van der Waals surface area contributed by atoms with Crippen LogP contribution in [-0.2, 0) is 15.8 Å². The standard InChI is InChI=1S/C17H18FN5O2S/c1-11-8-12(2)20-17(19-11)23-16(9-13(3)21-23)22-26(24,25)10-14-4-6-15(18)7-5-14/h4-9,22H,10H2,1-3H3. The Balaban J connectivity index is 1.91. The molecule has 0 aliphatic heterocycles. The van der Waals surface area contributed by atoms with Crippen LogP contribution in [0.2, 0.25) is 0 Å². The summed E-state index contributed by atoms with van der Waals surface area (Å²) in [6, 6.07) is 8.74. The second kappa shape index (κ2) is 6.83. The predicted octanol–water partition coefficient (Wildman–Crippen LogP) is 2.67. The maximum atomic E-state index is 13.0. The number of halogens is 1. The summed E-state index contributed by atoms with van der Waals surface area (Å²) in [4.78, 5) is 8.63. The fourth-order valence-electron chi connectivity index (χ4n) is 2.52. The molecule has 1 aromatic carbocycles. The van der Waals surface area contributed by atoms with E-state index >= 15 is 0 Å². The van der Waals surface area contributed by atoms with Gasteiger partial charge in [0.05, 0.1) is 11.4 Å². The highest BCUT2D eigenvalue weighted by Crippen LogP contribution is 2.18. The third kappa shape index (κ3) is 4.23. The van der Waals surface area contributed by atoms with Crippen LogP contribution in [0.3, 0.4) is 0 Å². The fraction of sp³-hybridized carbons (Fsp3) is 0.235. The average molecular weight is 375 g/mol. The number of sulfonamides is 1. The highest BCUT2D eigenvalue weighted by atomic mass is 32.2. The lowest BCUT2D eigenvalue weighted by Gasteiger charge is -2.10. The first-order chi connectivity index (χ1) is 12.2. The summed E-state index contributed by atoms with van der Waals surface area (Å²) in [6.07, 6.45) is 0. The van der Waals surface area contributed by atoms with Crippen LogP contribution in [-0.4, -0.2) is 28.2 Å². The minimum Gasteiger partial charge on any atom is -0.267 e. The van der Waals surface area contributed by atoms with Crippen LogP contribution in [0.25, 0.3) is 5.95 Å². The van der Waals surface area contributed by atoms with E-state index in [2.05, 4.69) is 19.8 Å². The van der Waals surface area contributed by atoms with Gasteiger partial charge in [0.15, 0.2) is 0 Å². The van der Waals surface area contributed by atoms with E-state index in [4.69, 9.17) is 0 Å². The summed E-state index contributed by atoms with van der Waals surface area (Å²) in [5, 5.41) is 4.28. The molecular weight excluding hydrogens is 357 g/mol. The smallest absolute Gasteiger partial charge is 0.252 e. The van der Waals surface area contributed by atoms with Crippen molar-refractivity contribution in [3.05, 3.63) is 64.9 Å². The van der Waals surface area contributed by atoms with Crippen LogP contribution in [0.15, 0.2) is 36.4 Å². The molecule has 0 saturated carbocycles. The SMILES string of the molecule is Cc1cc(C)nc(-n2nc(C)cc2NS(=O)(=O)Cc2ccc(F)cc2)n1. The zero-order chi connectivity index (χ0) is 18.9. The van der Waals surface area contributed by atoms with Gasteiger partial charge in [-0.05, 0) is 44.5 Å². The van der Waals surface area contributed by atoms with E-state index < -0.39 is 15.8 Å². The molecule has 2 heterocycles. The van der Waals surface area contributed by atoms with E-state index in [1.807, 2.05) is 19.9 Å². The molecule has 3 aromatic rings. The number of anilines is 1. The predicted molar refractivity (Wildman–Crippen MR) is 96.0 cm³/mol. The fourth-order valence-corrected chi connectivity index (χ4v) is 3.69.